The Morgan fingerprint density at radius 1 is 0.833 bits per heavy atom. The summed E-state index contributed by atoms with van der Waals surface area (Å²) in [6, 6.07) is -5.56. The maximum atomic E-state index is 12.8. The molecule has 0 saturated carbocycles. The molecule has 13 N–H and O–H groups in total. The second-order valence-electron chi connectivity index (χ2n) is 7.63. The lowest BCUT2D eigenvalue weighted by Crippen LogP contribution is -2.58. The summed E-state index contributed by atoms with van der Waals surface area (Å²) in [5.74, 6) is -6.37. The van der Waals surface area contributed by atoms with Crippen molar-refractivity contribution >= 4 is 53.3 Å². The van der Waals surface area contributed by atoms with Gasteiger partial charge < -0.3 is 49.1 Å². The number of carboxylic acid groups (broad SMARTS) is 2. The lowest BCUT2D eigenvalue weighted by molar-refractivity contribution is -0.147. The number of primary amides is 1. The molecule has 4 amide bonds. The molecule has 4 atom stereocenters. The maximum Gasteiger partial charge on any atom is 0.326 e. The number of amides is 4. The summed E-state index contributed by atoms with van der Waals surface area (Å²) < 4.78 is 0. The van der Waals surface area contributed by atoms with E-state index < -0.39 is 72.6 Å². The predicted octanol–water partition coefficient (Wildman–Crippen LogP) is -3.99. The molecule has 17 heteroatoms. The van der Waals surface area contributed by atoms with E-state index >= 15 is 0 Å². The Labute approximate surface area is 211 Å². The number of nitrogens with zero attached hydrogens (tertiary/aromatic N) is 1. The number of hydrogen-bond donors (Lipinski definition) is 9. The molecule has 0 aromatic carbocycles. The molecule has 0 bridgehead atoms. The topological polar surface area (TPSA) is 295 Å². The SMILES string of the molecule is CSCCC(NC(=O)C(CC(N)=O)NC(=O)C(N)CCCN=C(N)N)C(=O)NC(CC(=O)O)C(=O)O. The normalized spacial score (nSPS) is 13.8. The van der Waals surface area contributed by atoms with E-state index in [4.69, 9.17) is 33.1 Å². The molecule has 0 saturated heterocycles. The first-order chi connectivity index (χ1) is 16.8. The fourth-order valence-electron chi connectivity index (χ4n) is 2.76. The summed E-state index contributed by atoms with van der Waals surface area (Å²) in [5, 5.41) is 24.7. The molecule has 0 heterocycles. The Balaban J connectivity index is 5.40. The zero-order valence-corrected chi connectivity index (χ0v) is 20.6. The van der Waals surface area contributed by atoms with Crippen molar-refractivity contribution in [3.63, 3.8) is 0 Å². The van der Waals surface area contributed by atoms with Crippen LogP contribution in [-0.4, -0.2) is 94.5 Å². The van der Waals surface area contributed by atoms with Gasteiger partial charge in [0.05, 0.1) is 18.9 Å². The molecule has 0 rings (SSSR count). The molecule has 0 aromatic heterocycles. The van der Waals surface area contributed by atoms with Crippen LogP contribution in [0.1, 0.15) is 32.1 Å². The molecule has 0 fully saturated rings. The monoisotopic (exact) mass is 534 g/mol. The lowest BCUT2D eigenvalue weighted by atomic mass is 10.1. The van der Waals surface area contributed by atoms with E-state index in [9.17, 15) is 28.8 Å². The van der Waals surface area contributed by atoms with Gasteiger partial charge in [0.25, 0.3) is 0 Å². The van der Waals surface area contributed by atoms with Gasteiger partial charge in [-0.3, -0.25) is 29.0 Å². The Hall–Kier alpha value is -3.60. The van der Waals surface area contributed by atoms with Crippen molar-refractivity contribution < 1.29 is 39.0 Å². The fourth-order valence-corrected chi connectivity index (χ4v) is 3.23. The molecule has 36 heavy (non-hydrogen) atoms. The zero-order valence-electron chi connectivity index (χ0n) is 19.8. The zero-order chi connectivity index (χ0) is 27.8. The van der Waals surface area contributed by atoms with Crippen LogP contribution in [0.25, 0.3) is 0 Å². The van der Waals surface area contributed by atoms with E-state index in [1.165, 1.54) is 11.8 Å². The Morgan fingerprint density at radius 2 is 1.39 bits per heavy atom. The van der Waals surface area contributed by atoms with Crippen LogP contribution in [0.3, 0.4) is 0 Å². The number of hydrogen-bond acceptors (Lipinski definition) is 9. The fraction of sp³-hybridized carbons (Fsp3) is 0.632. The highest BCUT2D eigenvalue weighted by molar-refractivity contribution is 7.98. The smallest absolute Gasteiger partial charge is 0.326 e. The quantitative estimate of drug-likeness (QED) is 0.0462. The molecule has 16 nitrogen and oxygen atoms in total. The van der Waals surface area contributed by atoms with Gasteiger partial charge in [0.2, 0.25) is 23.6 Å². The number of carbonyl (C=O) groups excluding carboxylic acids is 4. The molecule has 0 aliphatic carbocycles. The molecule has 0 aliphatic rings. The van der Waals surface area contributed by atoms with E-state index in [0.717, 1.165) is 0 Å². The van der Waals surface area contributed by atoms with Gasteiger partial charge in [-0.05, 0) is 31.3 Å². The predicted molar refractivity (Wildman–Crippen MR) is 130 cm³/mol. The molecule has 4 unspecified atom stereocenters. The van der Waals surface area contributed by atoms with Crippen LogP contribution in [0.15, 0.2) is 4.99 Å². The van der Waals surface area contributed by atoms with E-state index in [0.29, 0.717) is 12.2 Å². The largest absolute Gasteiger partial charge is 0.481 e. The van der Waals surface area contributed by atoms with E-state index in [1.807, 2.05) is 0 Å². The number of aliphatic imine (C=N–C) groups is 1. The van der Waals surface area contributed by atoms with Gasteiger partial charge in [-0.2, -0.15) is 11.8 Å². The summed E-state index contributed by atoms with van der Waals surface area (Å²) in [7, 11) is 0. The minimum atomic E-state index is -1.73. The Kier molecular flexibility index (Phi) is 15.2. The van der Waals surface area contributed by atoms with Gasteiger partial charge in [-0.1, -0.05) is 0 Å². The van der Waals surface area contributed by atoms with Gasteiger partial charge in [-0.15, -0.1) is 0 Å². The van der Waals surface area contributed by atoms with Gasteiger partial charge >= 0.3 is 11.9 Å². The number of guanidine groups is 1. The second kappa shape index (κ2) is 16.9. The average molecular weight is 535 g/mol. The van der Waals surface area contributed by atoms with Crippen LogP contribution in [0.2, 0.25) is 0 Å². The van der Waals surface area contributed by atoms with Crippen LogP contribution in [0.5, 0.6) is 0 Å². The van der Waals surface area contributed by atoms with E-state index in [1.54, 1.807) is 6.26 Å². The van der Waals surface area contributed by atoms with E-state index in [-0.39, 0.29) is 25.3 Å². The number of carboxylic acids is 2. The summed E-state index contributed by atoms with van der Waals surface area (Å²) in [6.45, 7) is 0.222. The number of nitrogens with two attached hydrogens (primary N) is 4. The number of nitrogens with one attached hydrogen (secondary N) is 3. The molecule has 204 valence electrons. The Morgan fingerprint density at radius 3 is 1.89 bits per heavy atom. The van der Waals surface area contributed by atoms with Gasteiger partial charge in [0.15, 0.2) is 5.96 Å². The van der Waals surface area contributed by atoms with Crippen molar-refractivity contribution in [2.45, 2.75) is 56.3 Å². The van der Waals surface area contributed by atoms with Crippen LogP contribution < -0.4 is 38.9 Å². The average Bonchev–Trinajstić information content (AvgIpc) is 2.77. The van der Waals surface area contributed by atoms with Crippen molar-refractivity contribution in [3.8, 4) is 0 Å². The highest BCUT2D eigenvalue weighted by Gasteiger charge is 2.31. The van der Waals surface area contributed by atoms with E-state index in [2.05, 4.69) is 20.9 Å². The van der Waals surface area contributed by atoms with Crippen LogP contribution in [0.4, 0.5) is 0 Å². The minimum Gasteiger partial charge on any atom is -0.481 e. The minimum absolute atomic E-state index is 0.0414. The summed E-state index contributed by atoms with van der Waals surface area (Å²) in [5.41, 5.74) is 21.4. The second-order valence-corrected chi connectivity index (χ2v) is 8.61. The molecular weight excluding hydrogens is 500 g/mol. The highest BCUT2D eigenvalue weighted by Crippen LogP contribution is 2.05. The van der Waals surface area contributed by atoms with Crippen LogP contribution >= 0.6 is 11.8 Å². The lowest BCUT2D eigenvalue weighted by Gasteiger charge is -2.24. The summed E-state index contributed by atoms with van der Waals surface area (Å²) in [4.78, 5) is 75.3. The molecule has 0 spiro atoms. The molecule has 0 radical (unpaired) electrons. The molecule has 0 aliphatic heterocycles. The van der Waals surface area contributed by atoms with Crippen molar-refractivity contribution in [1.29, 1.82) is 0 Å². The summed E-state index contributed by atoms with van der Waals surface area (Å²) >= 11 is 1.33. The number of thioether (sulfide) groups is 1. The number of aliphatic carboxylic acids is 2. The molecular formula is C19H34N8O8S. The first-order valence-corrected chi connectivity index (χ1v) is 12.1. The van der Waals surface area contributed by atoms with Gasteiger partial charge in [0.1, 0.15) is 18.1 Å². The first-order valence-electron chi connectivity index (χ1n) is 10.7. The molecule has 0 aromatic rings. The third kappa shape index (κ3) is 14.0. The maximum absolute atomic E-state index is 12.8. The van der Waals surface area contributed by atoms with Crippen molar-refractivity contribution in [1.82, 2.24) is 16.0 Å². The first kappa shape index (κ1) is 32.4. The van der Waals surface area contributed by atoms with Crippen molar-refractivity contribution in [2.75, 3.05) is 18.6 Å². The number of rotatable bonds is 18. The standard InChI is InChI=1S/C19H34N8O8S/c1-36-6-4-10(16(32)27-12(18(34)35)8-14(29)30)25-17(33)11(7-13(21)28)26-15(31)9(20)3-2-5-24-19(22)23/h9-12H,2-8,20H2,1H3,(H2,21,28)(H,25,33)(H,26,31)(H,27,32)(H,29,30)(H,34,35)(H4,22,23,24). The van der Waals surface area contributed by atoms with Gasteiger partial charge in [0, 0.05) is 6.54 Å². The van der Waals surface area contributed by atoms with Gasteiger partial charge in [-0.25, -0.2) is 4.79 Å². The highest BCUT2D eigenvalue weighted by atomic mass is 32.2. The van der Waals surface area contributed by atoms with Crippen LogP contribution in [0, 0.1) is 0 Å². The van der Waals surface area contributed by atoms with Crippen molar-refractivity contribution in [3.05, 3.63) is 0 Å². The summed E-state index contributed by atoms with van der Waals surface area (Å²) in [6.07, 6.45) is 0.799. The van der Waals surface area contributed by atoms with Crippen LogP contribution in [-0.2, 0) is 28.8 Å². The Bertz CT molecular complexity index is 836. The van der Waals surface area contributed by atoms with Crippen molar-refractivity contribution in [2.24, 2.45) is 27.9 Å². The third-order valence-electron chi connectivity index (χ3n) is 4.58. The number of carbonyl (C=O) groups is 6. The third-order valence-corrected chi connectivity index (χ3v) is 5.22.